The molecule has 0 unspecified atom stereocenters. The number of nitrogens with one attached hydrogen (secondary N) is 2. The summed E-state index contributed by atoms with van der Waals surface area (Å²) in [6, 6.07) is 10.1. The second-order valence-corrected chi connectivity index (χ2v) is 6.28. The number of halogens is 3. The Bertz CT molecular complexity index is 869. The topological polar surface area (TPSA) is 70.7 Å². The molecule has 2 N–H and O–H groups in total. The number of ether oxygens (including phenoxy) is 1. The van der Waals surface area contributed by atoms with Crippen LogP contribution in [-0.2, 0) is 11.0 Å². The minimum absolute atomic E-state index is 0.123. The van der Waals surface area contributed by atoms with Crippen molar-refractivity contribution in [3.63, 3.8) is 0 Å². The summed E-state index contributed by atoms with van der Waals surface area (Å²) < 4.78 is 42.9. The second kappa shape index (κ2) is 7.79. The Hall–Kier alpha value is -3.23. The number of alkyl halides is 3. The molecule has 0 radical (unpaired) electrons. The van der Waals surface area contributed by atoms with Crippen molar-refractivity contribution < 1.29 is 27.5 Å². The Balaban J connectivity index is 1.58. The molecule has 1 fully saturated rings. The Morgan fingerprint density at radius 3 is 2.54 bits per heavy atom. The summed E-state index contributed by atoms with van der Waals surface area (Å²) in [5.74, 6) is 0.467. The van der Waals surface area contributed by atoms with E-state index in [4.69, 9.17) is 4.74 Å². The highest BCUT2D eigenvalue weighted by molar-refractivity contribution is 5.97. The van der Waals surface area contributed by atoms with Crippen LogP contribution < -0.4 is 20.3 Å². The van der Waals surface area contributed by atoms with Crippen molar-refractivity contribution in [3.8, 4) is 5.75 Å². The summed E-state index contributed by atoms with van der Waals surface area (Å²) in [5, 5.41) is 5.13. The number of amides is 3. The summed E-state index contributed by atoms with van der Waals surface area (Å²) in [4.78, 5) is 25.9. The predicted molar refractivity (Wildman–Crippen MR) is 97.4 cm³/mol. The van der Waals surface area contributed by atoms with Gasteiger partial charge in [-0.1, -0.05) is 6.07 Å². The van der Waals surface area contributed by atoms with Gasteiger partial charge in [-0.05, 0) is 36.4 Å². The summed E-state index contributed by atoms with van der Waals surface area (Å²) >= 11 is 0. The van der Waals surface area contributed by atoms with E-state index in [1.165, 1.54) is 19.2 Å². The minimum atomic E-state index is -4.44. The second-order valence-electron chi connectivity index (χ2n) is 6.28. The molecule has 2 aromatic carbocycles. The van der Waals surface area contributed by atoms with E-state index in [2.05, 4.69) is 10.6 Å². The zero-order valence-corrected chi connectivity index (χ0v) is 14.9. The van der Waals surface area contributed by atoms with Gasteiger partial charge in [0.1, 0.15) is 5.75 Å². The number of urea groups is 1. The fourth-order valence-corrected chi connectivity index (χ4v) is 2.93. The summed E-state index contributed by atoms with van der Waals surface area (Å²) in [5.41, 5.74) is 0.0880. The molecule has 1 aliphatic heterocycles. The standard InChI is InChI=1S/C19H18F3N3O3/c1-28-16-4-2-3-15(10-16)25-11-14(9-17(25)26)24-18(27)23-13-7-5-12(6-8-13)19(20,21)22/h2-8,10,14H,9,11H2,1H3,(H2,23,24,27)/t14-/m0/s1. The molecule has 0 spiro atoms. The number of nitrogens with zero attached hydrogens (tertiary/aromatic N) is 1. The summed E-state index contributed by atoms with van der Waals surface area (Å²) in [6.45, 7) is 0.284. The van der Waals surface area contributed by atoms with Gasteiger partial charge < -0.3 is 20.3 Å². The third-order valence-electron chi connectivity index (χ3n) is 4.30. The molecule has 9 heteroatoms. The first-order chi connectivity index (χ1) is 13.3. The molecule has 1 atom stereocenters. The molecule has 148 valence electrons. The van der Waals surface area contributed by atoms with Gasteiger partial charge in [-0.25, -0.2) is 4.79 Å². The Labute approximate surface area is 159 Å². The third kappa shape index (κ3) is 4.54. The number of carbonyl (C=O) groups is 2. The average Bonchev–Trinajstić information content (AvgIpc) is 3.01. The van der Waals surface area contributed by atoms with Crippen LogP contribution in [0.2, 0.25) is 0 Å². The van der Waals surface area contributed by atoms with Gasteiger partial charge in [-0.2, -0.15) is 13.2 Å². The van der Waals surface area contributed by atoms with E-state index in [1.54, 1.807) is 29.2 Å². The Morgan fingerprint density at radius 1 is 1.18 bits per heavy atom. The molecule has 3 amide bonds. The lowest BCUT2D eigenvalue weighted by Gasteiger charge is -2.18. The van der Waals surface area contributed by atoms with E-state index < -0.39 is 23.8 Å². The highest BCUT2D eigenvalue weighted by Gasteiger charge is 2.32. The smallest absolute Gasteiger partial charge is 0.416 e. The molecule has 28 heavy (non-hydrogen) atoms. The largest absolute Gasteiger partial charge is 0.497 e. The van der Waals surface area contributed by atoms with E-state index in [-0.39, 0.29) is 24.6 Å². The fourth-order valence-electron chi connectivity index (χ4n) is 2.93. The highest BCUT2D eigenvalue weighted by atomic mass is 19.4. The number of methoxy groups -OCH3 is 1. The van der Waals surface area contributed by atoms with Crippen LogP contribution in [0, 0.1) is 0 Å². The van der Waals surface area contributed by atoms with Gasteiger partial charge in [0.2, 0.25) is 5.91 Å². The van der Waals surface area contributed by atoms with E-state index in [1.807, 2.05) is 0 Å². The van der Waals surface area contributed by atoms with Crippen LogP contribution >= 0.6 is 0 Å². The molecule has 0 saturated carbocycles. The lowest BCUT2D eigenvalue weighted by atomic mass is 10.2. The first-order valence-electron chi connectivity index (χ1n) is 8.45. The zero-order valence-electron chi connectivity index (χ0n) is 14.9. The number of anilines is 2. The van der Waals surface area contributed by atoms with Gasteiger partial charge in [0.25, 0.3) is 0 Å². The van der Waals surface area contributed by atoms with Gasteiger partial charge in [0, 0.05) is 30.4 Å². The number of benzene rings is 2. The Morgan fingerprint density at radius 2 is 1.89 bits per heavy atom. The van der Waals surface area contributed by atoms with Gasteiger partial charge in [0.15, 0.2) is 0 Å². The van der Waals surface area contributed by atoms with Crippen LogP contribution in [0.3, 0.4) is 0 Å². The average molecular weight is 393 g/mol. The van der Waals surface area contributed by atoms with Crippen molar-refractivity contribution in [1.29, 1.82) is 0 Å². The Kier molecular flexibility index (Phi) is 5.43. The third-order valence-corrected chi connectivity index (χ3v) is 4.30. The number of carbonyl (C=O) groups excluding carboxylic acids is 2. The molecule has 1 saturated heterocycles. The van der Waals surface area contributed by atoms with Crippen LogP contribution in [-0.4, -0.2) is 31.6 Å². The van der Waals surface area contributed by atoms with Crippen LogP contribution in [0.15, 0.2) is 48.5 Å². The molecule has 2 aromatic rings. The molecule has 1 heterocycles. The molecule has 6 nitrogen and oxygen atoms in total. The van der Waals surface area contributed by atoms with Crippen molar-refractivity contribution in [3.05, 3.63) is 54.1 Å². The van der Waals surface area contributed by atoms with Gasteiger partial charge in [0.05, 0.1) is 18.7 Å². The predicted octanol–water partition coefficient (Wildman–Crippen LogP) is 3.64. The van der Waals surface area contributed by atoms with Gasteiger partial charge in [-0.3, -0.25) is 4.79 Å². The zero-order chi connectivity index (χ0) is 20.3. The van der Waals surface area contributed by atoms with Crippen LogP contribution in [0.4, 0.5) is 29.3 Å². The molecule has 3 rings (SSSR count). The number of rotatable bonds is 4. The van der Waals surface area contributed by atoms with Crippen molar-refractivity contribution in [1.82, 2.24) is 5.32 Å². The fraction of sp³-hybridized carbons (Fsp3) is 0.263. The van der Waals surface area contributed by atoms with E-state index in [0.717, 1.165) is 12.1 Å². The minimum Gasteiger partial charge on any atom is -0.497 e. The first-order valence-corrected chi connectivity index (χ1v) is 8.45. The van der Waals surface area contributed by atoms with Crippen molar-refractivity contribution in [2.24, 2.45) is 0 Å². The highest BCUT2D eigenvalue weighted by Crippen LogP contribution is 2.30. The summed E-state index contributed by atoms with van der Waals surface area (Å²) in [6.07, 6.45) is -4.31. The quantitative estimate of drug-likeness (QED) is 0.833. The van der Waals surface area contributed by atoms with Crippen LogP contribution in [0.5, 0.6) is 5.75 Å². The molecule has 0 bridgehead atoms. The summed E-state index contributed by atoms with van der Waals surface area (Å²) in [7, 11) is 1.53. The van der Waals surface area contributed by atoms with Gasteiger partial charge in [-0.15, -0.1) is 0 Å². The normalized spacial score (nSPS) is 16.8. The number of hydrogen-bond donors (Lipinski definition) is 2. The maximum absolute atomic E-state index is 12.6. The maximum atomic E-state index is 12.6. The first kappa shape index (κ1) is 19.5. The molecule has 0 aliphatic carbocycles. The SMILES string of the molecule is COc1cccc(N2C[C@@H](NC(=O)Nc3ccc(C(F)(F)F)cc3)CC2=O)c1. The number of hydrogen-bond acceptors (Lipinski definition) is 3. The van der Waals surface area contributed by atoms with Crippen molar-refractivity contribution in [2.45, 2.75) is 18.6 Å². The molecular formula is C19H18F3N3O3. The maximum Gasteiger partial charge on any atom is 0.416 e. The lowest BCUT2D eigenvalue weighted by Crippen LogP contribution is -2.39. The molecule has 0 aromatic heterocycles. The lowest BCUT2D eigenvalue weighted by molar-refractivity contribution is -0.137. The van der Waals surface area contributed by atoms with E-state index in [0.29, 0.717) is 11.4 Å². The van der Waals surface area contributed by atoms with Crippen molar-refractivity contribution >= 4 is 23.3 Å². The van der Waals surface area contributed by atoms with E-state index >= 15 is 0 Å². The van der Waals surface area contributed by atoms with Gasteiger partial charge >= 0.3 is 12.2 Å². The van der Waals surface area contributed by atoms with Crippen molar-refractivity contribution in [2.75, 3.05) is 23.9 Å². The van der Waals surface area contributed by atoms with Crippen LogP contribution in [0.25, 0.3) is 0 Å². The molecule has 1 aliphatic rings. The van der Waals surface area contributed by atoms with E-state index in [9.17, 15) is 22.8 Å². The molecular weight excluding hydrogens is 375 g/mol. The van der Waals surface area contributed by atoms with Crippen LogP contribution in [0.1, 0.15) is 12.0 Å². The monoisotopic (exact) mass is 393 g/mol.